The van der Waals surface area contributed by atoms with E-state index in [4.69, 9.17) is 11.6 Å². The molecule has 0 saturated heterocycles. The molecule has 0 atom stereocenters. The number of aryl methyl sites for hydroxylation is 1. The maximum atomic E-state index is 14.1. The monoisotopic (exact) mass is 327 g/mol. The summed E-state index contributed by atoms with van der Waals surface area (Å²) >= 11 is 6.23. The molecule has 4 aromatic rings. The summed E-state index contributed by atoms with van der Waals surface area (Å²) in [6.45, 7) is 0. The number of hydrogen-bond donors (Lipinski definition) is 0. The lowest BCUT2D eigenvalue weighted by Gasteiger charge is -2.05. The van der Waals surface area contributed by atoms with E-state index in [1.807, 2.05) is 6.07 Å². The first-order valence-electron chi connectivity index (χ1n) is 6.91. The van der Waals surface area contributed by atoms with Gasteiger partial charge in [0, 0.05) is 18.6 Å². The molecule has 0 amide bonds. The van der Waals surface area contributed by atoms with Crippen molar-refractivity contribution in [1.29, 1.82) is 0 Å². The summed E-state index contributed by atoms with van der Waals surface area (Å²) in [5.41, 5.74) is 2.52. The molecular formula is C16H11ClFN5. The molecule has 3 heterocycles. The third-order valence-electron chi connectivity index (χ3n) is 3.68. The summed E-state index contributed by atoms with van der Waals surface area (Å²) in [5, 5.41) is 9.70. The van der Waals surface area contributed by atoms with E-state index in [1.54, 1.807) is 53.2 Å². The third kappa shape index (κ3) is 2.19. The Bertz CT molecular complexity index is 1020. The van der Waals surface area contributed by atoms with Crippen LogP contribution < -0.4 is 0 Å². The number of halogens is 2. The lowest BCUT2D eigenvalue weighted by molar-refractivity contribution is 0.613. The number of fused-ring (bicyclic) bond motifs is 1. The molecular weight excluding hydrogens is 317 g/mol. The van der Waals surface area contributed by atoms with Gasteiger partial charge in [0.2, 0.25) is 0 Å². The van der Waals surface area contributed by atoms with Gasteiger partial charge in [-0.3, -0.25) is 9.67 Å². The van der Waals surface area contributed by atoms with Gasteiger partial charge in [0.15, 0.2) is 0 Å². The molecule has 0 aliphatic carbocycles. The van der Waals surface area contributed by atoms with Crippen molar-refractivity contribution in [3.8, 4) is 16.9 Å². The maximum absolute atomic E-state index is 14.1. The number of para-hydroxylation sites is 1. The summed E-state index contributed by atoms with van der Waals surface area (Å²) in [5.74, 6) is -0.338. The SMILES string of the molecule is Cn1ncc(-c2cc3c(cn2)cnn3-c2ccccc2F)c1Cl. The number of benzene rings is 1. The van der Waals surface area contributed by atoms with Crippen LogP contribution in [0.15, 0.2) is 48.9 Å². The molecule has 0 fully saturated rings. The van der Waals surface area contributed by atoms with Crippen molar-refractivity contribution < 1.29 is 4.39 Å². The predicted octanol–water partition coefficient (Wildman–Crippen LogP) is 3.61. The normalized spacial score (nSPS) is 11.3. The van der Waals surface area contributed by atoms with Crippen molar-refractivity contribution in [3.63, 3.8) is 0 Å². The molecule has 0 spiro atoms. The van der Waals surface area contributed by atoms with Crippen molar-refractivity contribution in [1.82, 2.24) is 24.5 Å². The highest BCUT2D eigenvalue weighted by Gasteiger charge is 2.14. The smallest absolute Gasteiger partial charge is 0.148 e. The zero-order chi connectivity index (χ0) is 16.0. The van der Waals surface area contributed by atoms with E-state index in [1.165, 1.54) is 6.07 Å². The molecule has 5 nitrogen and oxygen atoms in total. The molecule has 0 bridgehead atoms. The van der Waals surface area contributed by atoms with Gasteiger partial charge in [-0.15, -0.1) is 0 Å². The Morgan fingerprint density at radius 2 is 1.91 bits per heavy atom. The largest absolute Gasteiger partial charge is 0.256 e. The van der Waals surface area contributed by atoms with Gasteiger partial charge >= 0.3 is 0 Å². The van der Waals surface area contributed by atoms with Gasteiger partial charge < -0.3 is 0 Å². The van der Waals surface area contributed by atoms with Crippen LogP contribution in [0.1, 0.15) is 0 Å². The Morgan fingerprint density at radius 3 is 2.65 bits per heavy atom. The minimum Gasteiger partial charge on any atom is -0.256 e. The minimum absolute atomic E-state index is 0.338. The first kappa shape index (κ1) is 13.9. The number of nitrogens with zero attached hydrogens (tertiary/aromatic N) is 5. The molecule has 0 N–H and O–H groups in total. The number of pyridine rings is 1. The standard InChI is InChI=1S/C16H11ClFN5/c1-22-16(17)11(9-20-22)13-6-15-10(7-19-13)8-21-23(15)14-5-3-2-4-12(14)18/h2-9H,1H3. The second-order valence-electron chi connectivity index (χ2n) is 5.11. The van der Waals surface area contributed by atoms with Crippen molar-refractivity contribution >= 4 is 22.5 Å². The van der Waals surface area contributed by atoms with Gasteiger partial charge in [0.05, 0.1) is 29.2 Å². The Hall–Kier alpha value is -2.73. The highest BCUT2D eigenvalue weighted by molar-refractivity contribution is 6.32. The lowest BCUT2D eigenvalue weighted by atomic mass is 10.2. The van der Waals surface area contributed by atoms with E-state index in [9.17, 15) is 4.39 Å². The van der Waals surface area contributed by atoms with Gasteiger partial charge in [-0.1, -0.05) is 23.7 Å². The van der Waals surface area contributed by atoms with Crippen LogP contribution in [0.2, 0.25) is 5.15 Å². The molecule has 0 radical (unpaired) electrons. The van der Waals surface area contributed by atoms with Crippen molar-refractivity contribution in [2.75, 3.05) is 0 Å². The third-order valence-corrected chi connectivity index (χ3v) is 4.12. The molecule has 0 aliphatic heterocycles. The zero-order valence-corrected chi connectivity index (χ0v) is 12.9. The van der Waals surface area contributed by atoms with E-state index in [-0.39, 0.29) is 5.82 Å². The molecule has 7 heteroatoms. The van der Waals surface area contributed by atoms with Crippen LogP contribution in [0.5, 0.6) is 0 Å². The van der Waals surface area contributed by atoms with Gasteiger partial charge in [0.25, 0.3) is 0 Å². The van der Waals surface area contributed by atoms with Crippen molar-refractivity contribution in [2.45, 2.75) is 0 Å². The van der Waals surface area contributed by atoms with Crippen molar-refractivity contribution in [2.24, 2.45) is 7.05 Å². The van der Waals surface area contributed by atoms with Crippen LogP contribution in [0, 0.1) is 5.82 Å². The molecule has 0 aliphatic rings. The number of hydrogen-bond acceptors (Lipinski definition) is 3. The van der Waals surface area contributed by atoms with Gasteiger partial charge in [-0.25, -0.2) is 9.07 Å². The van der Waals surface area contributed by atoms with Gasteiger partial charge in [-0.05, 0) is 18.2 Å². The Kier molecular flexibility index (Phi) is 3.12. The first-order valence-corrected chi connectivity index (χ1v) is 7.29. The van der Waals surface area contributed by atoms with E-state index in [0.717, 1.165) is 16.5 Å². The first-order chi connectivity index (χ1) is 11.1. The Labute approximate surface area is 135 Å². The second kappa shape index (κ2) is 5.17. The van der Waals surface area contributed by atoms with Crippen LogP contribution in [-0.4, -0.2) is 24.5 Å². The van der Waals surface area contributed by atoms with Gasteiger partial charge in [-0.2, -0.15) is 10.2 Å². The fraction of sp³-hybridized carbons (Fsp3) is 0.0625. The topological polar surface area (TPSA) is 48.5 Å². The van der Waals surface area contributed by atoms with Crippen LogP contribution in [-0.2, 0) is 7.05 Å². The molecule has 1 aromatic carbocycles. The summed E-state index contributed by atoms with van der Waals surface area (Å²) in [4.78, 5) is 4.40. The highest BCUT2D eigenvalue weighted by Crippen LogP contribution is 2.28. The predicted molar refractivity (Wildman–Crippen MR) is 86.0 cm³/mol. The number of rotatable bonds is 2. The number of aromatic nitrogens is 5. The Morgan fingerprint density at radius 1 is 1.09 bits per heavy atom. The van der Waals surface area contributed by atoms with E-state index < -0.39 is 0 Å². The molecule has 4 rings (SSSR count). The quantitative estimate of drug-likeness (QED) is 0.565. The van der Waals surface area contributed by atoms with Crippen LogP contribution >= 0.6 is 11.6 Å². The fourth-order valence-corrected chi connectivity index (χ4v) is 2.67. The van der Waals surface area contributed by atoms with E-state index in [0.29, 0.717) is 16.5 Å². The van der Waals surface area contributed by atoms with E-state index in [2.05, 4.69) is 15.2 Å². The average molecular weight is 328 g/mol. The molecule has 3 aromatic heterocycles. The minimum atomic E-state index is -0.338. The second-order valence-corrected chi connectivity index (χ2v) is 5.47. The van der Waals surface area contributed by atoms with E-state index >= 15 is 0 Å². The van der Waals surface area contributed by atoms with Crippen LogP contribution in [0.25, 0.3) is 27.8 Å². The maximum Gasteiger partial charge on any atom is 0.148 e. The molecule has 23 heavy (non-hydrogen) atoms. The average Bonchev–Trinajstić information content (AvgIpc) is 3.12. The van der Waals surface area contributed by atoms with Gasteiger partial charge in [0.1, 0.15) is 16.7 Å². The summed E-state index contributed by atoms with van der Waals surface area (Å²) in [6, 6.07) is 8.33. The lowest BCUT2D eigenvalue weighted by Crippen LogP contribution is -1.99. The zero-order valence-electron chi connectivity index (χ0n) is 12.1. The summed E-state index contributed by atoms with van der Waals surface area (Å²) in [6.07, 6.45) is 5.00. The fourth-order valence-electron chi connectivity index (χ4n) is 2.48. The van der Waals surface area contributed by atoms with Crippen LogP contribution in [0.3, 0.4) is 0 Å². The Balaban J connectivity index is 1.94. The molecule has 0 saturated carbocycles. The van der Waals surface area contributed by atoms with Crippen molar-refractivity contribution in [3.05, 3.63) is 59.9 Å². The summed E-state index contributed by atoms with van der Waals surface area (Å²) < 4.78 is 17.2. The van der Waals surface area contributed by atoms with Crippen LogP contribution in [0.4, 0.5) is 4.39 Å². The highest BCUT2D eigenvalue weighted by atomic mass is 35.5. The molecule has 0 unspecified atom stereocenters. The molecule has 114 valence electrons. The summed E-state index contributed by atoms with van der Waals surface area (Å²) in [7, 11) is 1.76.